The number of amides is 2. The second kappa shape index (κ2) is 9.97. The Morgan fingerprint density at radius 3 is 2.66 bits per heavy atom. The number of carbonyl (C=O) groups is 2. The number of pyridine rings is 1. The predicted octanol–water partition coefficient (Wildman–Crippen LogP) is 5.08. The van der Waals surface area contributed by atoms with Gasteiger partial charge in [0.25, 0.3) is 11.8 Å². The van der Waals surface area contributed by atoms with Gasteiger partial charge in [-0.1, -0.05) is 37.8 Å². The minimum absolute atomic E-state index is 0.234. The summed E-state index contributed by atoms with van der Waals surface area (Å²) >= 11 is 0. The van der Waals surface area contributed by atoms with Crippen molar-refractivity contribution in [3.8, 4) is 5.75 Å². The molecule has 1 aliphatic carbocycles. The third-order valence-electron chi connectivity index (χ3n) is 7.03. The molecule has 0 aliphatic heterocycles. The number of rotatable bonds is 7. The highest BCUT2D eigenvalue weighted by molar-refractivity contribution is 6.12. The predicted molar refractivity (Wildman–Crippen MR) is 145 cm³/mol. The van der Waals surface area contributed by atoms with E-state index in [1.807, 2.05) is 18.2 Å². The van der Waals surface area contributed by atoms with Gasteiger partial charge >= 0.3 is 0 Å². The molecule has 1 saturated carbocycles. The number of aromatic nitrogens is 5. The number of nitrogens with one attached hydrogen (secondary N) is 4. The maximum Gasteiger partial charge on any atom is 0.276 e. The number of aromatic amines is 2. The Kier molecular flexibility index (Phi) is 6.20. The number of anilines is 2. The van der Waals surface area contributed by atoms with Crippen LogP contribution in [0.4, 0.5) is 11.9 Å². The molecule has 3 aromatic heterocycles. The van der Waals surface area contributed by atoms with Gasteiger partial charge in [-0.2, -0.15) is 0 Å². The number of ether oxygens (including phenoxy) is 1. The molecule has 0 saturated heterocycles. The van der Waals surface area contributed by atoms with Crippen LogP contribution >= 0.6 is 0 Å². The zero-order valence-corrected chi connectivity index (χ0v) is 20.9. The number of methoxy groups -OCH3 is 1. The van der Waals surface area contributed by atoms with Crippen molar-refractivity contribution in [2.24, 2.45) is 5.92 Å². The van der Waals surface area contributed by atoms with Crippen LogP contribution in [-0.2, 0) is 6.42 Å². The van der Waals surface area contributed by atoms with Gasteiger partial charge in [0.2, 0.25) is 11.9 Å². The van der Waals surface area contributed by atoms with Gasteiger partial charge in [0.1, 0.15) is 17.0 Å². The van der Waals surface area contributed by atoms with E-state index in [9.17, 15) is 9.59 Å². The average Bonchev–Trinajstić information content (AvgIpc) is 3.70. The molecule has 10 nitrogen and oxygen atoms in total. The van der Waals surface area contributed by atoms with E-state index >= 15 is 0 Å². The van der Waals surface area contributed by atoms with Crippen LogP contribution in [0.5, 0.6) is 5.75 Å². The number of benzene rings is 2. The molecule has 2 amide bonds. The molecule has 0 spiro atoms. The lowest BCUT2D eigenvalue weighted by atomic mass is 9.97. The van der Waals surface area contributed by atoms with Gasteiger partial charge < -0.3 is 14.7 Å². The summed E-state index contributed by atoms with van der Waals surface area (Å²) in [5.74, 6) is 1.16. The standard InChI is InChI=1S/C28H27N7O3/c1-38-18-10-9-17-14-23(31-22(20(17)15-18)13-16-5-2-3-6-16)26(37)35-28-32-21-8-4-7-19(24(21)33-28)25(36)34-27-29-11-12-30-27/h4,7-12,14-16H,2-3,5-6,13H2,1H3,(H2,29,30,34,36)(H2,32,33,35,37). The number of fused-ring (bicyclic) bond motifs is 2. The van der Waals surface area contributed by atoms with Crippen molar-refractivity contribution >= 4 is 45.5 Å². The van der Waals surface area contributed by atoms with Gasteiger partial charge in [-0.25, -0.2) is 15.0 Å². The third kappa shape index (κ3) is 4.68. The lowest BCUT2D eigenvalue weighted by molar-refractivity contribution is 0.101. The molecule has 38 heavy (non-hydrogen) atoms. The Morgan fingerprint density at radius 2 is 1.87 bits per heavy atom. The number of nitrogens with zero attached hydrogens (tertiary/aromatic N) is 3. The second-order valence-corrected chi connectivity index (χ2v) is 9.53. The maximum atomic E-state index is 13.3. The van der Waals surface area contributed by atoms with Crippen molar-refractivity contribution in [2.45, 2.75) is 32.1 Å². The number of hydrogen-bond donors (Lipinski definition) is 4. The smallest absolute Gasteiger partial charge is 0.276 e. The Bertz CT molecular complexity index is 1640. The zero-order valence-electron chi connectivity index (χ0n) is 20.9. The quantitative estimate of drug-likeness (QED) is 0.241. The van der Waals surface area contributed by atoms with Crippen molar-refractivity contribution < 1.29 is 14.3 Å². The molecule has 1 fully saturated rings. The minimum atomic E-state index is -0.379. The SMILES string of the molecule is COc1ccc2cc(C(=O)Nc3nc4c(C(=O)Nc5ncc[nH]5)cccc4[nH]3)nc(CC3CCCC3)c2c1. The summed E-state index contributed by atoms with van der Waals surface area (Å²) in [6.07, 6.45) is 8.82. The molecule has 2 aromatic carbocycles. The van der Waals surface area contributed by atoms with Crippen LogP contribution in [0, 0.1) is 5.92 Å². The summed E-state index contributed by atoms with van der Waals surface area (Å²) < 4.78 is 5.44. The van der Waals surface area contributed by atoms with Gasteiger partial charge in [0.05, 0.1) is 18.2 Å². The van der Waals surface area contributed by atoms with Crippen LogP contribution < -0.4 is 15.4 Å². The number of para-hydroxylation sites is 1. The van der Waals surface area contributed by atoms with Crippen molar-refractivity contribution in [3.05, 3.63) is 71.8 Å². The molecule has 3 heterocycles. The monoisotopic (exact) mass is 509 g/mol. The van der Waals surface area contributed by atoms with E-state index in [1.54, 1.807) is 43.8 Å². The van der Waals surface area contributed by atoms with Gasteiger partial charge in [-0.05, 0) is 48.1 Å². The number of carbonyl (C=O) groups excluding carboxylic acids is 2. The first kappa shape index (κ1) is 23.7. The molecular formula is C28H27N7O3. The number of hydrogen-bond acceptors (Lipinski definition) is 6. The first-order valence-electron chi connectivity index (χ1n) is 12.7. The van der Waals surface area contributed by atoms with Crippen LogP contribution in [0.15, 0.2) is 54.9 Å². The van der Waals surface area contributed by atoms with Crippen molar-refractivity contribution in [2.75, 3.05) is 17.7 Å². The fourth-order valence-corrected chi connectivity index (χ4v) is 5.14. The zero-order chi connectivity index (χ0) is 26.1. The summed E-state index contributed by atoms with van der Waals surface area (Å²) in [6, 6.07) is 12.8. The van der Waals surface area contributed by atoms with E-state index < -0.39 is 0 Å². The van der Waals surface area contributed by atoms with Gasteiger partial charge in [-0.15, -0.1) is 0 Å². The highest BCUT2D eigenvalue weighted by atomic mass is 16.5. The van der Waals surface area contributed by atoms with Crippen molar-refractivity contribution in [1.82, 2.24) is 24.9 Å². The van der Waals surface area contributed by atoms with Gasteiger partial charge in [0, 0.05) is 23.5 Å². The van der Waals surface area contributed by atoms with E-state index in [1.165, 1.54) is 25.7 Å². The van der Waals surface area contributed by atoms with Crippen molar-refractivity contribution in [3.63, 3.8) is 0 Å². The van der Waals surface area contributed by atoms with Crippen LogP contribution in [0.1, 0.15) is 52.2 Å². The molecule has 0 bridgehead atoms. The Labute approximate surface area is 218 Å². The highest BCUT2D eigenvalue weighted by Gasteiger charge is 2.21. The van der Waals surface area contributed by atoms with Crippen LogP contribution in [-0.4, -0.2) is 43.8 Å². The van der Waals surface area contributed by atoms with E-state index in [2.05, 4.69) is 30.6 Å². The van der Waals surface area contributed by atoms with E-state index in [0.717, 1.165) is 28.6 Å². The maximum absolute atomic E-state index is 13.3. The first-order valence-corrected chi connectivity index (χ1v) is 12.7. The molecule has 0 atom stereocenters. The fraction of sp³-hybridized carbons (Fsp3) is 0.250. The molecule has 192 valence electrons. The van der Waals surface area contributed by atoms with Crippen LogP contribution in [0.3, 0.4) is 0 Å². The topological polar surface area (TPSA) is 138 Å². The molecular weight excluding hydrogens is 482 g/mol. The molecule has 10 heteroatoms. The van der Waals surface area contributed by atoms with Crippen molar-refractivity contribution in [1.29, 1.82) is 0 Å². The summed E-state index contributed by atoms with van der Waals surface area (Å²) in [6.45, 7) is 0. The Balaban J connectivity index is 1.29. The largest absolute Gasteiger partial charge is 0.497 e. The molecule has 1 aliphatic rings. The number of H-pyrrole nitrogens is 2. The lowest BCUT2D eigenvalue weighted by Gasteiger charge is -2.14. The summed E-state index contributed by atoms with van der Waals surface area (Å²) in [5.41, 5.74) is 2.62. The Hall–Kier alpha value is -4.73. The van der Waals surface area contributed by atoms with Gasteiger partial charge in [-0.3, -0.25) is 20.2 Å². The second-order valence-electron chi connectivity index (χ2n) is 9.53. The van der Waals surface area contributed by atoms with Crippen LogP contribution in [0.25, 0.3) is 21.8 Å². The van der Waals surface area contributed by atoms with Gasteiger partial charge in [0.15, 0.2) is 0 Å². The lowest BCUT2D eigenvalue weighted by Crippen LogP contribution is -2.16. The average molecular weight is 510 g/mol. The highest BCUT2D eigenvalue weighted by Crippen LogP contribution is 2.32. The molecule has 0 unspecified atom stereocenters. The van der Waals surface area contributed by atoms with E-state index in [0.29, 0.717) is 34.2 Å². The number of imidazole rings is 2. The van der Waals surface area contributed by atoms with Crippen LogP contribution in [0.2, 0.25) is 0 Å². The summed E-state index contributed by atoms with van der Waals surface area (Å²) in [7, 11) is 1.65. The fourth-order valence-electron chi connectivity index (χ4n) is 5.14. The molecule has 0 radical (unpaired) electrons. The van der Waals surface area contributed by atoms with E-state index in [-0.39, 0.29) is 17.8 Å². The molecule has 6 rings (SSSR count). The first-order chi connectivity index (χ1) is 18.6. The normalized spacial score (nSPS) is 13.7. The van der Waals surface area contributed by atoms with E-state index in [4.69, 9.17) is 9.72 Å². The third-order valence-corrected chi connectivity index (χ3v) is 7.03. The summed E-state index contributed by atoms with van der Waals surface area (Å²) in [4.78, 5) is 45.4. The molecule has 4 N–H and O–H groups in total. The Morgan fingerprint density at radius 1 is 1.03 bits per heavy atom. The molecule has 5 aromatic rings. The minimum Gasteiger partial charge on any atom is -0.497 e. The summed E-state index contributed by atoms with van der Waals surface area (Å²) in [5, 5.41) is 7.46.